The summed E-state index contributed by atoms with van der Waals surface area (Å²) >= 11 is 0. The van der Waals surface area contributed by atoms with Gasteiger partial charge < -0.3 is 9.47 Å². The first kappa shape index (κ1) is 9.41. The molecule has 0 N–H and O–H groups in total. The van der Waals surface area contributed by atoms with Crippen LogP contribution in [-0.4, -0.2) is 20.0 Å². The Hall–Kier alpha value is -0.590. The van der Waals surface area contributed by atoms with Gasteiger partial charge in [0.25, 0.3) is 0 Å². The van der Waals surface area contributed by atoms with E-state index in [1.54, 1.807) is 13.8 Å². The van der Waals surface area contributed by atoms with Crippen LogP contribution in [0.1, 0.15) is 13.8 Å². The number of hydrogen-bond acceptors (Lipinski definition) is 3. The van der Waals surface area contributed by atoms with Crippen molar-refractivity contribution in [3.63, 3.8) is 0 Å². The second kappa shape index (κ2) is 3.55. The highest BCUT2D eigenvalue weighted by Crippen LogP contribution is 2.20. The fourth-order valence-electron chi connectivity index (χ4n) is 0.554. The van der Waals surface area contributed by atoms with Crippen LogP contribution < -0.4 is 0 Å². The molecule has 0 rings (SSSR count). The standard InChI is InChI=1S/C7H13NO2/c1-6(5-8)7(2,9-3)10-4/h6H,1-4H3. The average Bonchev–Trinajstić information content (AvgIpc) is 2.01. The summed E-state index contributed by atoms with van der Waals surface area (Å²) in [6, 6.07) is 2.06. The number of nitriles is 1. The fraction of sp³-hybridized carbons (Fsp3) is 0.857. The zero-order valence-electron chi connectivity index (χ0n) is 6.84. The summed E-state index contributed by atoms with van der Waals surface area (Å²) < 4.78 is 9.99. The lowest BCUT2D eigenvalue weighted by Gasteiger charge is -2.28. The molecule has 0 bridgehead atoms. The van der Waals surface area contributed by atoms with Gasteiger partial charge in [0.1, 0.15) is 0 Å². The van der Waals surface area contributed by atoms with Gasteiger partial charge in [-0.1, -0.05) is 0 Å². The second-order valence-electron chi connectivity index (χ2n) is 2.27. The molecular formula is C7H13NO2. The zero-order valence-corrected chi connectivity index (χ0v) is 6.84. The molecule has 3 heteroatoms. The third-order valence-electron chi connectivity index (χ3n) is 1.79. The number of rotatable bonds is 3. The van der Waals surface area contributed by atoms with Gasteiger partial charge in [-0.3, -0.25) is 0 Å². The largest absolute Gasteiger partial charge is 0.352 e. The van der Waals surface area contributed by atoms with E-state index in [9.17, 15) is 0 Å². The van der Waals surface area contributed by atoms with Gasteiger partial charge in [-0.05, 0) is 13.8 Å². The quantitative estimate of drug-likeness (QED) is 0.556. The molecule has 0 amide bonds. The molecule has 0 aliphatic carbocycles. The van der Waals surface area contributed by atoms with Gasteiger partial charge in [0.05, 0.1) is 12.0 Å². The lowest BCUT2D eigenvalue weighted by molar-refractivity contribution is -0.212. The Labute approximate surface area is 61.5 Å². The molecule has 0 fully saturated rings. The molecular weight excluding hydrogens is 130 g/mol. The Morgan fingerprint density at radius 3 is 1.90 bits per heavy atom. The maximum absolute atomic E-state index is 8.52. The van der Waals surface area contributed by atoms with Gasteiger partial charge >= 0.3 is 0 Å². The van der Waals surface area contributed by atoms with Gasteiger partial charge in [0, 0.05) is 14.2 Å². The van der Waals surface area contributed by atoms with Crippen molar-refractivity contribution in [2.75, 3.05) is 14.2 Å². The van der Waals surface area contributed by atoms with E-state index < -0.39 is 5.79 Å². The second-order valence-corrected chi connectivity index (χ2v) is 2.27. The van der Waals surface area contributed by atoms with Gasteiger partial charge in [0.15, 0.2) is 5.79 Å². The maximum Gasteiger partial charge on any atom is 0.180 e. The Kier molecular flexibility index (Phi) is 3.34. The smallest absolute Gasteiger partial charge is 0.180 e. The van der Waals surface area contributed by atoms with Crippen LogP contribution in [0.25, 0.3) is 0 Å². The lowest BCUT2D eigenvalue weighted by Crippen LogP contribution is -2.36. The van der Waals surface area contributed by atoms with Crippen molar-refractivity contribution in [1.82, 2.24) is 0 Å². The monoisotopic (exact) mass is 143 g/mol. The molecule has 0 aromatic carbocycles. The third-order valence-corrected chi connectivity index (χ3v) is 1.79. The van der Waals surface area contributed by atoms with E-state index >= 15 is 0 Å². The predicted molar refractivity (Wildman–Crippen MR) is 37.2 cm³/mol. The maximum atomic E-state index is 8.52. The van der Waals surface area contributed by atoms with Gasteiger partial charge in [0.2, 0.25) is 0 Å². The average molecular weight is 143 g/mol. The SMILES string of the molecule is COC(C)(OC)C(C)C#N. The Bertz CT molecular complexity index is 135. The Balaban J connectivity index is 4.20. The number of methoxy groups -OCH3 is 2. The van der Waals surface area contributed by atoms with Crippen LogP contribution in [0.15, 0.2) is 0 Å². The molecule has 10 heavy (non-hydrogen) atoms. The molecule has 0 aromatic rings. The van der Waals surface area contributed by atoms with E-state index in [0.29, 0.717) is 0 Å². The van der Waals surface area contributed by atoms with Crippen LogP contribution in [0.2, 0.25) is 0 Å². The minimum absolute atomic E-state index is 0.262. The van der Waals surface area contributed by atoms with Crippen molar-refractivity contribution in [1.29, 1.82) is 5.26 Å². The Morgan fingerprint density at radius 2 is 1.80 bits per heavy atom. The first-order valence-electron chi connectivity index (χ1n) is 3.10. The van der Waals surface area contributed by atoms with Crippen LogP contribution >= 0.6 is 0 Å². The number of hydrogen-bond donors (Lipinski definition) is 0. The summed E-state index contributed by atoms with van der Waals surface area (Å²) in [5.41, 5.74) is 0. The molecule has 58 valence electrons. The van der Waals surface area contributed by atoms with E-state index in [2.05, 4.69) is 6.07 Å². The molecule has 0 saturated heterocycles. The van der Waals surface area contributed by atoms with Crippen LogP contribution in [0.3, 0.4) is 0 Å². The van der Waals surface area contributed by atoms with Gasteiger partial charge in [-0.2, -0.15) is 5.26 Å². The van der Waals surface area contributed by atoms with E-state index in [1.165, 1.54) is 14.2 Å². The van der Waals surface area contributed by atoms with Crippen LogP contribution in [-0.2, 0) is 9.47 Å². The summed E-state index contributed by atoms with van der Waals surface area (Å²) in [4.78, 5) is 0. The molecule has 1 unspecified atom stereocenters. The lowest BCUT2D eigenvalue weighted by atomic mass is 10.0. The molecule has 0 heterocycles. The van der Waals surface area contributed by atoms with Crippen molar-refractivity contribution in [3.8, 4) is 6.07 Å². The summed E-state index contributed by atoms with van der Waals surface area (Å²) in [5.74, 6) is -1.03. The van der Waals surface area contributed by atoms with E-state index in [-0.39, 0.29) is 5.92 Å². The number of nitrogens with zero attached hydrogens (tertiary/aromatic N) is 1. The molecule has 1 atom stereocenters. The molecule has 0 saturated carbocycles. The normalized spacial score (nSPS) is 14.3. The topological polar surface area (TPSA) is 42.2 Å². The van der Waals surface area contributed by atoms with Crippen molar-refractivity contribution in [2.24, 2.45) is 5.92 Å². The van der Waals surface area contributed by atoms with Crippen molar-refractivity contribution in [2.45, 2.75) is 19.6 Å². The highest BCUT2D eigenvalue weighted by Gasteiger charge is 2.30. The van der Waals surface area contributed by atoms with Crippen molar-refractivity contribution >= 4 is 0 Å². The summed E-state index contributed by atoms with van der Waals surface area (Å²) in [6.45, 7) is 3.49. The number of ether oxygens (including phenoxy) is 2. The molecule has 0 spiro atoms. The van der Waals surface area contributed by atoms with Gasteiger partial charge in [-0.25, -0.2) is 0 Å². The summed E-state index contributed by atoms with van der Waals surface area (Å²) in [6.07, 6.45) is 0. The summed E-state index contributed by atoms with van der Waals surface area (Å²) in [5, 5.41) is 8.52. The highest BCUT2D eigenvalue weighted by molar-refractivity contribution is 4.88. The minimum Gasteiger partial charge on any atom is -0.352 e. The fourth-order valence-corrected chi connectivity index (χ4v) is 0.554. The van der Waals surface area contributed by atoms with Gasteiger partial charge in [-0.15, -0.1) is 0 Å². The Morgan fingerprint density at radius 1 is 1.40 bits per heavy atom. The minimum atomic E-state index is -0.769. The van der Waals surface area contributed by atoms with Crippen molar-refractivity contribution < 1.29 is 9.47 Å². The van der Waals surface area contributed by atoms with Crippen LogP contribution in [0.5, 0.6) is 0 Å². The molecule has 0 aliphatic rings. The first-order valence-corrected chi connectivity index (χ1v) is 3.10. The first-order chi connectivity index (χ1) is 4.60. The van der Waals surface area contributed by atoms with Crippen molar-refractivity contribution in [3.05, 3.63) is 0 Å². The summed E-state index contributed by atoms with van der Waals surface area (Å²) in [7, 11) is 3.05. The molecule has 0 aliphatic heterocycles. The van der Waals surface area contributed by atoms with E-state index in [4.69, 9.17) is 14.7 Å². The predicted octanol–water partition coefficient (Wildman–Crippen LogP) is 1.16. The molecule has 0 radical (unpaired) electrons. The van der Waals surface area contributed by atoms with E-state index in [1.807, 2.05) is 0 Å². The third kappa shape index (κ3) is 1.69. The highest BCUT2D eigenvalue weighted by atomic mass is 16.7. The molecule has 0 aromatic heterocycles. The molecule has 3 nitrogen and oxygen atoms in total. The van der Waals surface area contributed by atoms with Crippen LogP contribution in [0.4, 0.5) is 0 Å². The van der Waals surface area contributed by atoms with Crippen LogP contribution in [0, 0.1) is 17.2 Å². The zero-order chi connectivity index (χ0) is 8.20. The van der Waals surface area contributed by atoms with E-state index in [0.717, 1.165) is 0 Å².